The summed E-state index contributed by atoms with van der Waals surface area (Å²) < 4.78 is 5.56. The molecule has 0 aliphatic heterocycles. The Morgan fingerprint density at radius 3 is 2.21 bits per heavy atom. The molecule has 0 saturated carbocycles. The molecule has 1 heterocycles. The van der Waals surface area contributed by atoms with Crippen LogP contribution in [0, 0.1) is 0 Å². The number of carbonyl (C=O) groups excluding carboxylic acids is 2. The van der Waals surface area contributed by atoms with Crippen molar-refractivity contribution in [3.63, 3.8) is 0 Å². The lowest BCUT2D eigenvalue weighted by Gasteiger charge is -2.21. The summed E-state index contributed by atoms with van der Waals surface area (Å²) in [5, 5.41) is 13.5. The number of amides is 2. The van der Waals surface area contributed by atoms with Crippen LogP contribution in [0.25, 0.3) is 11.1 Å². The highest BCUT2D eigenvalue weighted by Gasteiger charge is 2.29. The molecule has 0 spiro atoms. The first-order chi connectivity index (χ1) is 18.5. The number of aliphatic carboxylic acids is 1. The van der Waals surface area contributed by atoms with Gasteiger partial charge in [0.25, 0.3) is 5.91 Å². The van der Waals surface area contributed by atoms with Gasteiger partial charge in [-0.25, -0.2) is 9.78 Å². The molecule has 2 N–H and O–H groups in total. The molecule has 3 aromatic carbocycles. The topological polar surface area (TPSA) is 109 Å². The highest BCUT2D eigenvalue weighted by atomic mass is 32.1. The molecule has 0 fully saturated rings. The van der Waals surface area contributed by atoms with Crippen LogP contribution in [0.5, 0.6) is 0 Å². The molecule has 0 saturated heterocycles. The van der Waals surface area contributed by atoms with Crippen LogP contribution in [0.3, 0.4) is 0 Å². The van der Waals surface area contributed by atoms with Gasteiger partial charge in [0.2, 0.25) is 0 Å². The van der Waals surface area contributed by atoms with Crippen molar-refractivity contribution in [2.75, 3.05) is 18.5 Å². The van der Waals surface area contributed by atoms with Crippen LogP contribution in [-0.2, 0) is 16.1 Å². The highest BCUT2D eigenvalue weighted by molar-refractivity contribution is 7.14. The van der Waals surface area contributed by atoms with Gasteiger partial charge in [0.05, 0.1) is 6.42 Å². The standard InChI is InChI=1S/C29H25N3O5S/c33-26(34)14-15-32(16-19-8-2-1-3-9-19)27(35)25-18-38-28(30-25)31-29(36)37-17-24-22-12-6-4-10-20(22)21-11-5-7-13-23(21)24/h1-13,18,24H,14-17H2,(H,33,34)(H,30,31,36). The second-order valence-corrected chi connectivity index (χ2v) is 9.70. The van der Waals surface area contributed by atoms with Crippen LogP contribution >= 0.6 is 11.3 Å². The fourth-order valence-corrected chi connectivity index (χ4v) is 5.27. The molecule has 0 unspecified atom stereocenters. The van der Waals surface area contributed by atoms with Crippen molar-refractivity contribution >= 4 is 34.4 Å². The van der Waals surface area contributed by atoms with Crippen LogP contribution in [0.2, 0.25) is 0 Å². The fourth-order valence-electron chi connectivity index (χ4n) is 4.60. The number of carboxylic acids is 1. The first kappa shape index (κ1) is 25.2. The molecule has 1 aromatic heterocycles. The number of carboxylic acid groups (broad SMARTS) is 1. The number of anilines is 1. The summed E-state index contributed by atoms with van der Waals surface area (Å²) >= 11 is 1.10. The van der Waals surface area contributed by atoms with E-state index in [1.54, 1.807) is 5.38 Å². The Balaban J connectivity index is 1.22. The molecule has 38 heavy (non-hydrogen) atoms. The summed E-state index contributed by atoms with van der Waals surface area (Å²) in [6.45, 7) is 0.451. The molecular formula is C29H25N3O5S. The molecular weight excluding hydrogens is 502 g/mol. The van der Waals surface area contributed by atoms with E-state index in [0.29, 0.717) is 0 Å². The van der Waals surface area contributed by atoms with Gasteiger partial charge in [-0.2, -0.15) is 0 Å². The highest BCUT2D eigenvalue weighted by Crippen LogP contribution is 2.44. The van der Waals surface area contributed by atoms with Crippen molar-refractivity contribution in [3.05, 3.63) is 107 Å². The zero-order valence-corrected chi connectivity index (χ0v) is 21.2. The first-order valence-corrected chi connectivity index (χ1v) is 13.0. The average Bonchev–Trinajstić information content (AvgIpc) is 3.52. The number of ether oxygens (including phenoxy) is 1. The maximum Gasteiger partial charge on any atom is 0.413 e. The smallest absolute Gasteiger partial charge is 0.413 e. The van der Waals surface area contributed by atoms with Gasteiger partial charge >= 0.3 is 12.1 Å². The van der Waals surface area contributed by atoms with Crippen LogP contribution in [0.4, 0.5) is 9.93 Å². The van der Waals surface area contributed by atoms with Crippen molar-refractivity contribution in [1.82, 2.24) is 9.88 Å². The van der Waals surface area contributed by atoms with E-state index < -0.39 is 18.0 Å². The predicted octanol–water partition coefficient (Wildman–Crippen LogP) is 5.62. The molecule has 1 aliphatic carbocycles. The Morgan fingerprint density at radius 2 is 1.55 bits per heavy atom. The van der Waals surface area contributed by atoms with Gasteiger partial charge in [-0.1, -0.05) is 78.9 Å². The van der Waals surface area contributed by atoms with Crippen LogP contribution in [0.15, 0.2) is 84.2 Å². The number of benzene rings is 3. The summed E-state index contributed by atoms with van der Waals surface area (Å²) in [5.74, 6) is -1.47. The van der Waals surface area contributed by atoms with Crippen LogP contribution in [-0.4, -0.2) is 46.1 Å². The average molecular weight is 528 g/mol. The van der Waals surface area contributed by atoms with E-state index in [1.165, 1.54) is 4.90 Å². The van der Waals surface area contributed by atoms with Crippen molar-refractivity contribution in [1.29, 1.82) is 0 Å². The number of rotatable bonds is 9. The molecule has 9 heteroatoms. The Hall–Kier alpha value is -4.50. The molecule has 8 nitrogen and oxygen atoms in total. The molecule has 0 bridgehead atoms. The third-order valence-corrected chi connectivity index (χ3v) is 7.13. The number of hydrogen-bond acceptors (Lipinski definition) is 6. The van der Waals surface area contributed by atoms with Crippen molar-refractivity contribution < 1.29 is 24.2 Å². The third-order valence-electron chi connectivity index (χ3n) is 6.38. The maximum absolute atomic E-state index is 13.1. The van der Waals surface area contributed by atoms with E-state index in [4.69, 9.17) is 9.84 Å². The summed E-state index contributed by atoms with van der Waals surface area (Å²) in [6, 6.07) is 25.5. The summed E-state index contributed by atoms with van der Waals surface area (Å²) in [7, 11) is 0. The number of nitrogens with one attached hydrogen (secondary N) is 1. The van der Waals surface area contributed by atoms with E-state index in [0.717, 1.165) is 39.2 Å². The monoisotopic (exact) mass is 527 g/mol. The molecule has 1 aliphatic rings. The Kier molecular flexibility index (Phi) is 7.46. The molecule has 0 atom stereocenters. The van der Waals surface area contributed by atoms with E-state index in [1.807, 2.05) is 66.7 Å². The van der Waals surface area contributed by atoms with Crippen molar-refractivity contribution in [3.8, 4) is 11.1 Å². The number of carbonyl (C=O) groups is 3. The second kappa shape index (κ2) is 11.3. The van der Waals surface area contributed by atoms with Crippen molar-refractivity contribution in [2.45, 2.75) is 18.9 Å². The lowest BCUT2D eigenvalue weighted by molar-refractivity contribution is -0.137. The Bertz CT molecular complexity index is 1420. The first-order valence-electron chi connectivity index (χ1n) is 12.1. The van der Waals surface area contributed by atoms with Crippen LogP contribution < -0.4 is 5.32 Å². The van der Waals surface area contributed by atoms with E-state index >= 15 is 0 Å². The quantitative estimate of drug-likeness (QED) is 0.292. The number of thiazole rings is 1. The Morgan fingerprint density at radius 1 is 0.921 bits per heavy atom. The van der Waals surface area contributed by atoms with Crippen LogP contribution in [0.1, 0.15) is 39.5 Å². The predicted molar refractivity (Wildman–Crippen MR) is 144 cm³/mol. The van der Waals surface area contributed by atoms with Gasteiger partial charge in [-0.05, 0) is 27.8 Å². The number of nitrogens with zero attached hydrogens (tertiary/aromatic N) is 2. The van der Waals surface area contributed by atoms with Gasteiger partial charge in [0.1, 0.15) is 12.3 Å². The van der Waals surface area contributed by atoms with Gasteiger partial charge < -0.3 is 14.7 Å². The van der Waals surface area contributed by atoms with E-state index in [2.05, 4.69) is 22.4 Å². The summed E-state index contributed by atoms with van der Waals surface area (Å²) in [4.78, 5) is 42.5. The minimum absolute atomic E-state index is 0.0374. The summed E-state index contributed by atoms with van der Waals surface area (Å²) in [5.41, 5.74) is 5.52. The second-order valence-electron chi connectivity index (χ2n) is 8.84. The molecule has 4 aromatic rings. The number of aromatic nitrogens is 1. The minimum Gasteiger partial charge on any atom is -0.481 e. The lowest BCUT2D eigenvalue weighted by atomic mass is 9.98. The van der Waals surface area contributed by atoms with Crippen molar-refractivity contribution in [2.24, 2.45) is 0 Å². The maximum atomic E-state index is 13.1. The zero-order valence-electron chi connectivity index (χ0n) is 20.4. The largest absolute Gasteiger partial charge is 0.481 e. The van der Waals surface area contributed by atoms with Gasteiger partial charge in [-0.3, -0.25) is 14.9 Å². The fraction of sp³-hybridized carbons (Fsp3) is 0.172. The SMILES string of the molecule is O=C(O)CCN(Cc1ccccc1)C(=O)c1csc(NC(=O)OCC2c3ccccc3-c3ccccc32)n1. The third kappa shape index (κ3) is 5.57. The number of hydrogen-bond donors (Lipinski definition) is 2. The minimum atomic E-state index is -0.994. The summed E-state index contributed by atoms with van der Waals surface area (Å²) in [6.07, 6.45) is -0.847. The zero-order chi connectivity index (χ0) is 26.5. The van der Waals surface area contributed by atoms with Gasteiger partial charge in [0.15, 0.2) is 5.13 Å². The van der Waals surface area contributed by atoms with E-state index in [-0.39, 0.29) is 42.9 Å². The molecule has 2 amide bonds. The lowest BCUT2D eigenvalue weighted by Crippen LogP contribution is -2.32. The Labute approximate surface area is 223 Å². The van der Waals surface area contributed by atoms with E-state index in [9.17, 15) is 14.4 Å². The molecule has 5 rings (SSSR count). The van der Waals surface area contributed by atoms with Gasteiger partial charge in [0, 0.05) is 24.4 Å². The van der Waals surface area contributed by atoms with Gasteiger partial charge in [-0.15, -0.1) is 11.3 Å². The normalized spacial score (nSPS) is 11.9. The number of fused-ring (bicyclic) bond motifs is 3. The molecule has 192 valence electrons. The molecule has 0 radical (unpaired) electrons.